The highest BCUT2D eigenvalue weighted by Gasteiger charge is 2.16. The van der Waals surface area contributed by atoms with Crippen LogP contribution in [0, 0.1) is 0 Å². The fourth-order valence-corrected chi connectivity index (χ4v) is 1.77. The van der Waals surface area contributed by atoms with Gasteiger partial charge in [-0.3, -0.25) is 9.59 Å². The lowest BCUT2D eigenvalue weighted by Gasteiger charge is -2.16. The number of esters is 1. The van der Waals surface area contributed by atoms with Gasteiger partial charge in [0.2, 0.25) is 5.91 Å². The molecule has 0 radical (unpaired) electrons. The summed E-state index contributed by atoms with van der Waals surface area (Å²) in [5.41, 5.74) is 0.342. The summed E-state index contributed by atoms with van der Waals surface area (Å²) in [4.78, 5) is 35.7. The molecule has 0 saturated carbocycles. The van der Waals surface area contributed by atoms with E-state index in [1.807, 2.05) is 0 Å². The maximum atomic E-state index is 11.8. The van der Waals surface area contributed by atoms with Gasteiger partial charge in [-0.1, -0.05) is 12.1 Å². The quantitative estimate of drug-likeness (QED) is 0.803. The van der Waals surface area contributed by atoms with E-state index >= 15 is 0 Å². The van der Waals surface area contributed by atoms with Crippen LogP contribution < -0.4 is 5.32 Å². The van der Waals surface area contributed by atoms with Gasteiger partial charge in [0.25, 0.3) is 5.91 Å². The zero-order chi connectivity index (χ0) is 15.1. The van der Waals surface area contributed by atoms with E-state index in [9.17, 15) is 14.4 Å². The molecule has 0 atom stereocenters. The lowest BCUT2D eigenvalue weighted by molar-refractivity contribution is -0.137. The average Bonchev–Trinajstić information content (AvgIpc) is 2.44. The largest absolute Gasteiger partial charge is 0.452 e. The maximum absolute atomic E-state index is 11.8. The van der Waals surface area contributed by atoms with Crippen LogP contribution in [-0.2, 0) is 14.3 Å². The zero-order valence-corrected chi connectivity index (χ0v) is 12.8. The first-order chi connectivity index (χ1) is 9.45. The Morgan fingerprint density at radius 2 is 1.95 bits per heavy atom. The van der Waals surface area contributed by atoms with Crippen LogP contribution in [0.25, 0.3) is 0 Å². The highest BCUT2D eigenvalue weighted by atomic mass is 79.9. The molecule has 0 bridgehead atoms. The smallest absolute Gasteiger partial charge is 0.339 e. The minimum Gasteiger partial charge on any atom is -0.452 e. The predicted molar refractivity (Wildman–Crippen MR) is 76.1 cm³/mol. The molecule has 6 nitrogen and oxygen atoms in total. The van der Waals surface area contributed by atoms with Gasteiger partial charge in [0, 0.05) is 18.6 Å². The summed E-state index contributed by atoms with van der Waals surface area (Å²) in [7, 11) is 2.94. The van der Waals surface area contributed by atoms with Crippen molar-refractivity contribution in [2.75, 3.05) is 27.2 Å². The Morgan fingerprint density at radius 1 is 1.30 bits per heavy atom. The summed E-state index contributed by atoms with van der Waals surface area (Å²) in [5.74, 6) is -1.34. The molecule has 0 aliphatic carbocycles. The summed E-state index contributed by atoms with van der Waals surface area (Å²) in [5, 5.41) is 2.40. The first kappa shape index (κ1) is 16.2. The molecular weight excluding hydrogens is 328 g/mol. The Labute approximate surface area is 125 Å². The number of carbonyl (C=O) groups excluding carboxylic acids is 3. The van der Waals surface area contributed by atoms with Gasteiger partial charge in [0.15, 0.2) is 6.61 Å². The molecule has 20 heavy (non-hydrogen) atoms. The van der Waals surface area contributed by atoms with Crippen LogP contribution in [0.3, 0.4) is 0 Å². The van der Waals surface area contributed by atoms with E-state index in [0.29, 0.717) is 10.0 Å². The summed E-state index contributed by atoms with van der Waals surface area (Å²) < 4.78 is 5.51. The molecule has 2 amide bonds. The minimum absolute atomic E-state index is 0.0814. The Morgan fingerprint density at radius 3 is 2.55 bits per heavy atom. The van der Waals surface area contributed by atoms with Crippen LogP contribution in [0.2, 0.25) is 0 Å². The number of amides is 2. The van der Waals surface area contributed by atoms with E-state index in [4.69, 9.17) is 4.74 Å². The van der Waals surface area contributed by atoms with Gasteiger partial charge in [-0.15, -0.1) is 0 Å². The van der Waals surface area contributed by atoms with Crippen molar-refractivity contribution >= 4 is 33.7 Å². The van der Waals surface area contributed by atoms with Crippen LogP contribution in [0.5, 0.6) is 0 Å². The first-order valence-electron chi connectivity index (χ1n) is 5.82. The highest BCUT2D eigenvalue weighted by Crippen LogP contribution is 2.16. The highest BCUT2D eigenvalue weighted by molar-refractivity contribution is 9.10. The Bertz CT molecular complexity index is 519. The van der Waals surface area contributed by atoms with Gasteiger partial charge in [0.05, 0.1) is 12.1 Å². The number of rotatable bonds is 5. The van der Waals surface area contributed by atoms with Crippen molar-refractivity contribution in [3.63, 3.8) is 0 Å². The second-order valence-corrected chi connectivity index (χ2v) is 4.83. The number of carbonyl (C=O) groups is 3. The van der Waals surface area contributed by atoms with Crippen molar-refractivity contribution in [2.45, 2.75) is 0 Å². The summed E-state index contributed by atoms with van der Waals surface area (Å²) in [6.45, 7) is -0.490. The average molecular weight is 343 g/mol. The molecule has 108 valence electrons. The maximum Gasteiger partial charge on any atom is 0.339 e. The number of hydrogen-bond acceptors (Lipinski definition) is 4. The lowest BCUT2D eigenvalue weighted by Crippen LogP contribution is -2.39. The van der Waals surface area contributed by atoms with Crippen molar-refractivity contribution in [3.05, 3.63) is 34.3 Å². The number of halogens is 1. The molecule has 0 saturated heterocycles. The standard InChI is InChI=1S/C13H15BrN2O4/c1-15-11(17)7-16(2)12(18)8-20-13(19)9-5-3-4-6-10(9)14/h3-6H,7-8H2,1-2H3,(H,15,17). The first-order valence-corrected chi connectivity index (χ1v) is 6.61. The van der Waals surface area contributed by atoms with Crippen molar-refractivity contribution in [1.82, 2.24) is 10.2 Å². The predicted octanol–water partition coefficient (Wildman–Crippen LogP) is 0.810. The van der Waals surface area contributed by atoms with E-state index in [1.165, 1.54) is 19.0 Å². The number of benzene rings is 1. The number of nitrogens with zero attached hydrogens (tertiary/aromatic N) is 1. The van der Waals surface area contributed by atoms with Gasteiger partial charge in [-0.05, 0) is 28.1 Å². The fraction of sp³-hybridized carbons (Fsp3) is 0.308. The number of likely N-dealkylation sites (N-methyl/N-ethyl adjacent to an activating group) is 2. The molecule has 0 fully saturated rings. The molecule has 1 rings (SSSR count). The normalized spacial score (nSPS) is 9.75. The van der Waals surface area contributed by atoms with E-state index in [2.05, 4.69) is 21.2 Å². The van der Waals surface area contributed by atoms with Crippen molar-refractivity contribution < 1.29 is 19.1 Å². The molecular formula is C13H15BrN2O4. The van der Waals surface area contributed by atoms with E-state index in [0.717, 1.165) is 0 Å². The third-order valence-electron chi connectivity index (χ3n) is 2.51. The molecule has 7 heteroatoms. The Balaban J connectivity index is 2.51. The van der Waals surface area contributed by atoms with Crippen LogP contribution in [0.1, 0.15) is 10.4 Å². The summed E-state index contributed by atoms with van der Waals surface area (Å²) >= 11 is 3.23. The Hall–Kier alpha value is -1.89. The molecule has 0 aromatic heterocycles. The minimum atomic E-state index is -0.598. The molecule has 0 heterocycles. The third-order valence-corrected chi connectivity index (χ3v) is 3.20. The molecule has 0 aliphatic rings. The third kappa shape index (κ3) is 4.65. The summed E-state index contributed by atoms with van der Waals surface area (Å²) in [6.07, 6.45) is 0. The number of hydrogen-bond donors (Lipinski definition) is 1. The van der Waals surface area contributed by atoms with Gasteiger partial charge in [-0.25, -0.2) is 4.79 Å². The van der Waals surface area contributed by atoms with Gasteiger partial charge in [-0.2, -0.15) is 0 Å². The zero-order valence-electron chi connectivity index (χ0n) is 11.2. The summed E-state index contributed by atoms with van der Waals surface area (Å²) in [6, 6.07) is 6.76. The molecule has 1 N–H and O–H groups in total. The van der Waals surface area contributed by atoms with Crippen LogP contribution in [0.15, 0.2) is 28.7 Å². The number of ether oxygens (including phenoxy) is 1. The molecule has 1 aromatic rings. The topological polar surface area (TPSA) is 75.7 Å². The van der Waals surface area contributed by atoms with Crippen LogP contribution in [-0.4, -0.2) is 49.9 Å². The van der Waals surface area contributed by atoms with Crippen molar-refractivity contribution in [1.29, 1.82) is 0 Å². The van der Waals surface area contributed by atoms with E-state index in [1.54, 1.807) is 24.3 Å². The van der Waals surface area contributed by atoms with Crippen molar-refractivity contribution in [3.8, 4) is 0 Å². The van der Waals surface area contributed by atoms with Gasteiger partial charge in [0.1, 0.15) is 0 Å². The fourth-order valence-electron chi connectivity index (χ4n) is 1.32. The van der Waals surface area contributed by atoms with Crippen molar-refractivity contribution in [2.24, 2.45) is 0 Å². The Kier molecular flexibility index (Phi) is 6.17. The monoisotopic (exact) mass is 342 g/mol. The molecule has 0 unspecified atom stereocenters. The van der Waals surface area contributed by atoms with Gasteiger partial charge < -0.3 is 15.0 Å². The lowest BCUT2D eigenvalue weighted by atomic mass is 10.2. The SMILES string of the molecule is CNC(=O)CN(C)C(=O)COC(=O)c1ccccc1Br. The van der Waals surface area contributed by atoms with E-state index < -0.39 is 18.5 Å². The molecule has 1 aromatic carbocycles. The van der Waals surface area contributed by atoms with Gasteiger partial charge >= 0.3 is 5.97 Å². The second kappa shape index (κ2) is 7.64. The number of nitrogens with one attached hydrogen (secondary N) is 1. The molecule has 0 aliphatic heterocycles. The second-order valence-electron chi connectivity index (χ2n) is 3.98. The van der Waals surface area contributed by atoms with E-state index in [-0.39, 0.29) is 12.5 Å². The van der Waals surface area contributed by atoms with Crippen LogP contribution in [0.4, 0.5) is 0 Å². The molecule has 0 spiro atoms. The van der Waals surface area contributed by atoms with Crippen LogP contribution >= 0.6 is 15.9 Å².